The molecule has 0 bridgehead atoms. The molecule has 118 valence electrons. The van der Waals surface area contributed by atoms with Gasteiger partial charge in [0.2, 0.25) is 0 Å². The Hall–Kier alpha value is -0.460. The van der Waals surface area contributed by atoms with Gasteiger partial charge in [0.1, 0.15) is 0 Å². The Morgan fingerprint density at radius 2 is 2.38 bits per heavy atom. The molecule has 0 aliphatic carbocycles. The zero-order valence-corrected chi connectivity index (χ0v) is 14.2. The maximum atomic E-state index is 9.21. The van der Waals surface area contributed by atoms with E-state index in [0.29, 0.717) is 12.6 Å². The van der Waals surface area contributed by atoms with Crippen LogP contribution in [0.25, 0.3) is 0 Å². The molecular weight excluding hydrogens is 332 g/mol. The highest BCUT2D eigenvalue weighted by Crippen LogP contribution is 2.21. The molecule has 0 amide bonds. The number of hydrogen-bond acceptors (Lipinski definition) is 4. The molecule has 2 atom stereocenters. The number of rotatable bonds is 7. The second-order valence-electron chi connectivity index (χ2n) is 5.43. The molecule has 1 aromatic carbocycles. The van der Waals surface area contributed by atoms with Gasteiger partial charge in [-0.25, -0.2) is 0 Å². The van der Waals surface area contributed by atoms with E-state index in [4.69, 9.17) is 4.74 Å². The quantitative estimate of drug-likeness (QED) is 0.785. The van der Waals surface area contributed by atoms with Crippen molar-refractivity contribution in [3.05, 3.63) is 34.3 Å². The third-order valence-electron chi connectivity index (χ3n) is 3.86. The highest BCUT2D eigenvalue weighted by molar-refractivity contribution is 9.10. The molecule has 21 heavy (non-hydrogen) atoms. The van der Waals surface area contributed by atoms with E-state index in [2.05, 4.69) is 57.3 Å². The molecule has 5 heteroatoms. The van der Waals surface area contributed by atoms with Crippen LogP contribution in [0, 0.1) is 0 Å². The van der Waals surface area contributed by atoms with Gasteiger partial charge in [0.25, 0.3) is 0 Å². The van der Waals surface area contributed by atoms with Crippen LogP contribution >= 0.6 is 15.9 Å². The molecule has 2 unspecified atom stereocenters. The van der Waals surface area contributed by atoms with Crippen molar-refractivity contribution in [3.63, 3.8) is 0 Å². The molecule has 0 aromatic heterocycles. The van der Waals surface area contributed by atoms with Gasteiger partial charge < -0.3 is 15.2 Å². The molecule has 1 fully saturated rings. The molecule has 1 heterocycles. The molecule has 1 aliphatic heterocycles. The number of benzene rings is 1. The van der Waals surface area contributed by atoms with E-state index in [-0.39, 0.29) is 12.7 Å². The number of aliphatic hydroxyl groups is 1. The average Bonchev–Trinajstić information content (AvgIpc) is 2.51. The van der Waals surface area contributed by atoms with Gasteiger partial charge in [0.15, 0.2) is 0 Å². The summed E-state index contributed by atoms with van der Waals surface area (Å²) in [5, 5.41) is 12.8. The van der Waals surface area contributed by atoms with Crippen LogP contribution in [0.1, 0.15) is 24.9 Å². The molecule has 0 saturated carbocycles. The van der Waals surface area contributed by atoms with Crippen LogP contribution in [0.15, 0.2) is 28.7 Å². The van der Waals surface area contributed by atoms with Crippen LogP contribution in [-0.2, 0) is 4.74 Å². The number of morpholine rings is 1. The first-order valence-electron chi connectivity index (χ1n) is 7.66. The lowest BCUT2D eigenvalue weighted by Crippen LogP contribution is -2.44. The lowest BCUT2D eigenvalue weighted by Gasteiger charge is -2.33. The van der Waals surface area contributed by atoms with Crippen molar-refractivity contribution < 1.29 is 9.84 Å². The second kappa shape index (κ2) is 8.86. The Bertz CT molecular complexity index is 430. The van der Waals surface area contributed by atoms with E-state index in [1.165, 1.54) is 5.56 Å². The zero-order valence-electron chi connectivity index (χ0n) is 12.6. The molecule has 0 spiro atoms. The van der Waals surface area contributed by atoms with Crippen LogP contribution in [0.4, 0.5) is 0 Å². The summed E-state index contributed by atoms with van der Waals surface area (Å²) in [4.78, 5) is 2.38. The molecule has 1 aromatic rings. The van der Waals surface area contributed by atoms with E-state index in [1.54, 1.807) is 0 Å². The Morgan fingerprint density at radius 1 is 1.52 bits per heavy atom. The normalized spacial score (nSPS) is 21.4. The van der Waals surface area contributed by atoms with Crippen LogP contribution in [0.5, 0.6) is 0 Å². The minimum absolute atomic E-state index is 0.0257. The minimum atomic E-state index is -0.0257. The highest BCUT2D eigenvalue weighted by Gasteiger charge is 2.20. The maximum absolute atomic E-state index is 9.21. The SMILES string of the molecule is CCNC(CCN1CCOC(CO)C1)c1cccc(Br)c1. The summed E-state index contributed by atoms with van der Waals surface area (Å²) in [6, 6.07) is 8.86. The van der Waals surface area contributed by atoms with Gasteiger partial charge in [-0.05, 0) is 30.7 Å². The Kier molecular flexibility index (Phi) is 7.13. The van der Waals surface area contributed by atoms with Gasteiger partial charge in [-0.15, -0.1) is 0 Å². The smallest absolute Gasteiger partial charge is 0.0932 e. The first-order chi connectivity index (χ1) is 10.2. The van der Waals surface area contributed by atoms with Gasteiger partial charge in [-0.1, -0.05) is 35.0 Å². The van der Waals surface area contributed by atoms with Gasteiger partial charge >= 0.3 is 0 Å². The van der Waals surface area contributed by atoms with Crippen LogP contribution in [0.2, 0.25) is 0 Å². The molecular formula is C16H25BrN2O2. The minimum Gasteiger partial charge on any atom is -0.394 e. The molecule has 1 saturated heterocycles. The Labute approximate surface area is 135 Å². The largest absolute Gasteiger partial charge is 0.394 e. The standard InChI is InChI=1S/C16H25BrN2O2/c1-2-18-16(13-4-3-5-14(17)10-13)6-7-19-8-9-21-15(11-19)12-20/h3-5,10,15-16,18,20H,2,6-9,11-12H2,1H3. The lowest BCUT2D eigenvalue weighted by atomic mass is 10.0. The van der Waals surface area contributed by atoms with Gasteiger partial charge in [0.05, 0.1) is 19.3 Å². The van der Waals surface area contributed by atoms with Crippen LogP contribution < -0.4 is 5.32 Å². The number of ether oxygens (including phenoxy) is 1. The van der Waals surface area contributed by atoms with Gasteiger partial charge in [-0.3, -0.25) is 4.90 Å². The number of nitrogens with one attached hydrogen (secondary N) is 1. The monoisotopic (exact) mass is 356 g/mol. The van der Waals surface area contributed by atoms with Gasteiger partial charge in [-0.2, -0.15) is 0 Å². The summed E-state index contributed by atoms with van der Waals surface area (Å²) in [6.45, 7) is 6.72. The van der Waals surface area contributed by atoms with Crippen LogP contribution in [0.3, 0.4) is 0 Å². The third-order valence-corrected chi connectivity index (χ3v) is 4.36. The zero-order chi connectivity index (χ0) is 15.1. The number of aliphatic hydroxyl groups excluding tert-OH is 1. The maximum Gasteiger partial charge on any atom is 0.0932 e. The third kappa shape index (κ3) is 5.34. The van der Waals surface area contributed by atoms with E-state index in [0.717, 1.165) is 37.1 Å². The van der Waals surface area contributed by atoms with E-state index in [9.17, 15) is 5.11 Å². The fourth-order valence-corrected chi connectivity index (χ4v) is 3.18. The number of halogens is 1. The van der Waals surface area contributed by atoms with Crippen LogP contribution in [-0.4, -0.2) is 55.5 Å². The van der Waals surface area contributed by atoms with Crippen molar-refractivity contribution >= 4 is 15.9 Å². The van der Waals surface area contributed by atoms with Crippen molar-refractivity contribution in [2.45, 2.75) is 25.5 Å². The van der Waals surface area contributed by atoms with E-state index < -0.39 is 0 Å². The van der Waals surface area contributed by atoms with E-state index >= 15 is 0 Å². The Morgan fingerprint density at radius 3 is 3.10 bits per heavy atom. The summed E-state index contributed by atoms with van der Waals surface area (Å²) in [5.74, 6) is 0. The second-order valence-corrected chi connectivity index (χ2v) is 6.35. The molecule has 2 N–H and O–H groups in total. The molecule has 2 rings (SSSR count). The topological polar surface area (TPSA) is 44.7 Å². The van der Waals surface area contributed by atoms with Crippen molar-refractivity contribution in [1.82, 2.24) is 10.2 Å². The molecule has 0 radical (unpaired) electrons. The number of nitrogens with zero attached hydrogens (tertiary/aromatic N) is 1. The first-order valence-corrected chi connectivity index (χ1v) is 8.46. The van der Waals surface area contributed by atoms with Crippen molar-refractivity contribution in [3.8, 4) is 0 Å². The first kappa shape index (κ1) is 16.9. The summed E-state index contributed by atoms with van der Waals surface area (Å²) in [7, 11) is 0. The molecule has 4 nitrogen and oxygen atoms in total. The van der Waals surface area contributed by atoms with Crippen molar-refractivity contribution in [2.24, 2.45) is 0 Å². The van der Waals surface area contributed by atoms with E-state index in [1.807, 2.05) is 0 Å². The summed E-state index contributed by atoms with van der Waals surface area (Å²) in [5.41, 5.74) is 1.32. The average molecular weight is 357 g/mol. The van der Waals surface area contributed by atoms with Crippen molar-refractivity contribution in [1.29, 1.82) is 0 Å². The van der Waals surface area contributed by atoms with Gasteiger partial charge in [0, 0.05) is 30.1 Å². The number of hydrogen-bond donors (Lipinski definition) is 2. The lowest BCUT2D eigenvalue weighted by molar-refractivity contribution is -0.0533. The fourth-order valence-electron chi connectivity index (χ4n) is 2.76. The summed E-state index contributed by atoms with van der Waals surface area (Å²) in [6.07, 6.45) is 1.03. The predicted molar refractivity (Wildman–Crippen MR) is 88.4 cm³/mol. The molecule has 1 aliphatic rings. The summed E-state index contributed by atoms with van der Waals surface area (Å²) >= 11 is 3.54. The fraction of sp³-hybridized carbons (Fsp3) is 0.625. The highest BCUT2D eigenvalue weighted by atomic mass is 79.9. The predicted octanol–water partition coefficient (Wildman–Crippen LogP) is 2.18. The Balaban J connectivity index is 1.91. The van der Waals surface area contributed by atoms with Crippen molar-refractivity contribution in [2.75, 3.05) is 39.4 Å². The summed E-state index contributed by atoms with van der Waals surface area (Å²) < 4.78 is 6.62.